The van der Waals surface area contributed by atoms with Gasteiger partial charge in [-0.2, -0.15) is 10.1 Å². The largest absolute Gasteiger partial charge is 0.395 e. The topological polar surface area (TPSA) is 95.5 Å². The average Bonchev–Trinajstić information content (AvgIpc) is 3.48. The zero-order chi connectivity index (χ0) is 24.0. The van der Waals surface area contributed by atoms with Crippen molar-refractivity contribution >= 4 is 34.1 Å². The molecule has 4 aromatic rings. The van der Waals surface area contributed by atoms with Crippen LogP contribution in [0.4, 0.5) is 11.6 Å². The van der Waals surface area contributed by atoms with E-state index in [1.807, 2.05) is 67.1 Å². The van der Waals surface area contributed by atoms with Gasteiger partial charge in [0, 0.05) is 80.0 Å². The summed E-state index contributed by atoms with van der Waals surface area (Å²) in [5.74, 6) is 1.20. The molecule has 1 fully saturated rings. The molecule has 0 saturated carbocycles. The summed E-state index contributed by atoms with van der Waals surface area (Å²) in [5.41, 5.74) is 3.91. The molecule has 1 saturated heterocycles. The Bertz CT molecular complexity index is 1330. The number of nitrogens with zero attached hydrogens (tertiary/aromatic N) is 7. The Morgan fingerprint density at radius 1 is 1.24 bits per heavy atom. The van der Waals surface area contributed by atoms with Crippen LogP contribution in [0.5, 0.6) is 0 Å². The lowest BCUT2D eigenvalue weighted by Crippen LogP contribution is -2.32. The highest BCUT2D eigenvalue weighted by molar-refractivity contribution is 6.35. The van der Waals surface area contributed by atoms with E-state index in [0.717, 1.165) is 27.8 Å². The van der Waals surface area contributed by atoms with Crippen LogP contribution in [0.15, 0.2) is 42.9 Å². The monoisotopic (exact) mass is 481 g/mol. The van der Waals surface area contributed by atoms with Crippen LogP contribution >= 0.6 is 11.6 Å². The summed E-state index contributed by atoms with van der Waals surface area (Å²) in [6.07, 6.45) is 5.76. The highest BCUT2D eigenvalue weighted by Crippen LogP contribution is 2.31. The first-order valence-electron chi connectivity index (χ1n) is 11.2. The maximum atomic E-state index is 9.98. The van der Waals surface area contributed by atoms with E-state index in [-0.39, 0.29) is 12.6 Å². The van der Waals surface area contributed by atoms with Crippen LogP contribution in [0.2, 0.25) is 5.02 Å². The van der Waals surface area contributed by atoms with Crippen molar-refractivity contribution < 1.29 is 10.2 Å². The molecule has 0 amide bonds. The molecular formula is C24H28ClN7O2. The van der Waals surface area contributed by atoms with E-state index in [1.54, 1.807) is 10.9 Å². The molecular weight excluding hydrogens is 454 g/mol. The Labute approximate surface area is 202 Å². The molecule has 34 heavy (non-hydrogen) atoms. The number of aromatic nitrogens is 5. The Hall–Kier alpha value is -2.98. The lowest BCUT2D eigenvalue weighted by atomic mass is 10.2. The Balaban J connectivity index is 1.40. The maximum absolute atomic E-state index is 9.98. The maximum Gasteiger partial charge on any atom is 0.231 e. The minimum Gasteiger partial charge on any atom is -0.395 e. The van der Waals surface area contributed by atoms with Crippen LogP contribution in [-0.2, 0) is 13.6 Å². The Morgan fingerprint density at radius 2 is 2.06 bits per heavy atom. The number of anilines is 2. The highest BCUT2D eigenvalue weighted by atomic mass is 35.5. The molecule has 1 aromatic carbocycles. The molecule has 0 aliphatic carbocycles. The number of aliphatic hydroxyl groups is 2. The number of hydrogen-bond donors (Lipinski definition) is 2. The molecule has 9 nitrogen and oxygen atoms in total. The zero-order valence-electron chi connectivity index (χ0n) is 19.4. The van der Waals surface area contributed by atoms with E-state index in [1.165, 1.54) is 0 Å². The number of rotatable bonds is 6. The van der Waals surface area contributed by atoms with Crippen molar-refractivity contribution in [1.29, 1.82) is 0 Å². The summed E-state index contributed by atoms with van der Waals surface area (Å²) in [6, 6.07) is 7.88. The third-order valence-corrected chi connectivity index (χ3v) is 6.87. The van der Waals surface area contributed by atoms with Crippen molar-refractivity contribution in [3.63, 3.8) is 0 Å². The third-order valence-electron chi connectivity index (χ3n) is 6.57. The van der Waals surface area contributed by atoms with Gasteiger partial charge in [0.15, 0.2) is 5.82 Å². The summed E-state index contributed by atoms with van der Waals surface area (Å²) in [4.78, 5) is 13.2. The normalized spacial score (nSPS) is 18.8. The van der Waals surface area contributed by atoms with E-state index < -0.39 is 6.10 Å². The zero-order valence-corrected chi connectivity index (χ0v) is 20.2. The molecule has 0 unspecified atom stereocenters. The second kappa shape index (κ2) is 8.99. The van der Waals surface area contributed by atoms with E-state index >= 15 is 0 Å². The van der Waals surface area contributed by atoms with Crippen molar-refractivity contribution in [3.8, 4) is 5.82 Å². The molecule has 0 bridgehead atoms. The first kappa shape index (κ1) is 22.8. The minimum atomic E-state index is -0.405. The standard InChI is InChI=1S/C24H28ClN7O2/c1-15-16(10-31-12-19(34)8-18(31)14-33)11-32(28-15)23-6-7-26-24(27-23)30(3)17-4-5-22-20(9-17)21(25)13-29(22)2/h4-7,9,11,13,18-19,33-34H,8,10,12,14H2,1-3H3/t18-,19+/m0/s1. The minimum absolute atomic E-state index is 0.0336. The molecule has 1 aliphatic heterocycles. The fourth-order valence-electron chi connectivity index (χ4n) is 4.61. The molecule has 10 heteroatoms. The highest BCUT2D eigenvalue weighted by Gasteiger charge is 2.30. The number of aliphatic hydroxyl groups excluding tert-OH is 2. The van der Waals surface area contributed by atoms with Gasteiger partial charge < -0.3 is 19.7 Å². The van der Waals surface area contributed by atoms with Gasteiger partial charge in [-0.1, -0.05) is 11.6 Å². The van der Waals surface area contributed by atoms with Gasteiger partial charge in [-0.25, -0.2) is 9.67 Å². The Kier molecular flexibility index (Phi) is 6.03. The number of β-amino-alcohol motifs (C(OH)–C–C–N with tert-alkyl or cyclic N) is 1. The predicted octanol–water partition coefficient (Wildman–Crippen LogP) is 2.81. The van der Waals surface area contributed by atoms with Crippen molar-refractivity contribution in [1.82, 2.24) is 29.2 Å². The number of likely N-dealkylation sites (tertiary alicyclic amines) is 1. The first-order valence-corrected chi connectivity index (χ1v) is 11.6. The molecule has 4 heterocycles. The summed E-state index contributed by atoms with van der Waals surface area (Å²) < 4.78 is 3.75. The second-order valence-corrected chi connectivity index (χ2v) is 9.31. The van der Waals surface area contributed by atoms with Gasteiger partial charge in [-0.3, -0.25) is 4.90 Å². The first-order chi connectivity index (χ1) is 16.3. The molecule has 1 aliphatic rings. The smallest absolute Gasteiger partial charge is 0.231 e. The number of benzene rings is 1. The van der Waals surface area contributed by atoms with Gasteiger partial charge >= 0.3 is 0 Å². The van der Waals surface area contributed by atoms with Gasteiger partial charge in [0.2, 0.25) is 5.95 Å². The van der Waals surface area contributed by atoms with Crippen molar-refractivity contribution in [2.75, 3.05) is 25.1 Å². The molecule has 178 valence electrons. The van der Waals surface area contributed by atoms with Crippen LogP contribution in [0, 0.1) is 6.92 Å². The van der Waals surface area contributed by atoms with Crippen molar-refractivity contribution in [3.05, 3.63) is 59.1 Å². The lowest BCUT2D eigenvalue weighted by Gasteiger charge is -2.21. The average molecular weight is 482 g/mol. The van der Waals surface area contributed by atoms with Gasteiger partial charge in [-0.05, 0) is 31.5 Å². The summed E-state index contributed by atoms with van der Waals surface area (Å²) >= 11 is 6.40. The van der Waals surface area contributed by atoms with Crippen LogP contribution in [0.25, 0.3) is 16.7 Å². The van der Waals surface area contributed by atoms with Crippen molar-refractivity contribution in [2.24, 2.45) is 7.05 Å². The fourth-order valence-corrected chi connectivity index (χ4v) is 4.91. The molecule has 2 atom stereocenters. The van der Waals surface area contributed by atoms with Crippen LogP contribution in [0.1, 0.15) is 17.7 Å². The predicted molar refractivity (Wildman–Crippen MR) is 132 cm³/mol. The van der Waals surface area contributed by atoms with Crippen LogP contribution < -0.4 is 4.90 Å². The van der Waals surface area contributed by atoms with Crippen LogP contribution in [0.3, 0.4) is 0 Å². The third kappa shape index (κ3) is 4.16. The summed E-state index contributed by atoms with van der Waals surface area (Å²) in [6.45, 7) is 3.16. The number of hydrogen-bond acceptors (Lipinski definition) is 7. The molecule has 3 aromatic heterocycles. The number of halogens is 1. The van der Waals surface area contributed by atoms with E-state index in [4.69, 9.17) is 16.6 Å². The molecule has 0 spiro atoms. The quantitative estimate of drug-likeness (QED) is 0.437. The van der Waals surface area contributed by atoms with Gasteiger partial charge in [0.05, 0.1) is 23.4 Å². The second-order valence-electron chi connectivity index (χ2n) is 8.90. The SMILES string of the molecule is Cc1nn(-c2ccnc(N(C)c3ccc4c(c3)c(Cl)cn4C)n2)cc1CN1C[C@H](O)C[C@H]1CO. The molecule has 0 radical (unpaired) electrons. The van der Waals surface area contributed by atoms with Gasteiger partial charge in [0.25, 0.3) is 0 Å². The number of fused-ring (bicyclic) bond motifs is 1. The fraction of sp³-hybridized carbons (Fsp3) is 0.375. The van der Waals surface area contributed by atoms with Gasteiger partial charge in [-0.15, -0.1) is 0 Å². The Morgan fingerprint density at radius 3 is 2.85 bits per heavy atom. The van der Waals surface area contributed by atoms with E-state index in [9.17, 15) is 10.2 Å². The van der Waals surface area contributed by atoms with Crippen molar-refractivity contribution in [2.45, 2.75) is 32.0 Å². The van der Waals surface area contributed by atoms with Crippen LogP contribution in [-0.4, -0.2) is 71.8 Å². The lowest BCUT2D eigenvalue weighted by molar-refractivity contribution is 0.150. The molecule has 2 N–H and O–H groups in total. The van der Waals surface area contributed by atoms with E-state index in [2.05, 4.69) is 15.0 Å². The number of aryl methyl sites for hydroxylation is 2. The van der Waals surface area contributed by atoms with Gasteiger partial charge in [0.1, 0.15) is 0 Å². The molecule has 5 rings (SSSR count). The van der Waals surface area contributed by atoms with E-state index in [0.29, 0.717) is 36.3 Å². The summed E-state index contributed by atoms with van der Waals surface area (Å²) in [7, 11) is 3.89. The summed E-state index contributed by atoms with van der Waals surface area (Å²) in [5, 5.41) is 26.0.